The fourth-order valence-electron chi connectivity index (χ4n) is 4.05. The predicted octanol–water partition coefficient (Wildman–Crippen LogP) is 2.54. The number of hydrogen-bond acceptors (Lipinski definition) is 6. The molecule has 3 rings (SSSR count). The third-order valence-electron chi connectivity index (χ3n) is 5.79. The Bertz CT molecular complexity index is 965. The summed E-state index contributed by atoms with van der Waals surface area (Å²) in [7, 11) is 2.92. The summed E-state index contributed by atoms with van der Waals surface area (Å²) in [5, 5.41) is 14.3. The quantitative estimate of drug-likeness (QED) is 0.436. The second-order valence-corrected chi connectivity index (χ2v) is 7.98. The van der Waals surface area contributed by atoms with Crippen molar-refractivity contribution in [1.82, 2.24) is 10.6 Å². The van der Waals surface area contributed by atoms with Crippen molar-refractivity contribution in [3.05, 3.63) is 59.7 Å². The van der Waals surface area contributed by atoms with Crippen LogP contribution in [0.4, 0.5) is 4.79 Å². The zero-order chi connectivity index (χ0) is 24.5. The molecule has 1 aliphatic rings. The third-order valence-corrected chi connectivity index (χ3v) is 5.79. The van der Waals surface area contributed by atoms with Crippen LogP contribution in [0.25, 0.3) is 11.1 Å². The molecule has 182 valence electrons. The maximum atomic E-state index is 12.7. The highest BCUT2D eigenvalue weighted by atomic mass is 16.5. The van der Waals surface area contributed by atoms with Gasteiger partial charge in [-0.1, -0.05) is 48.5 Å². The average molecular weight is 471 g/mol. The van der Waals surface area contributed by atoms with Crippen LogP contribution >= 0.6 is 0 Å². The molecular weight excluding hydrogens is 440 g/mol. The van der Waals surface area contributed by atoms with E-state index in [-0.39, 0.29) is 38.6 Å². The molecule has 0 saturated carbocycles. The first-order valence-corrected chi connectivity index (χ1v) is 11.1. The van der Waals surface area contributed by atoms with Gasteiger partial charge in [0.25, 0.3) is 0 Å². The standard InChI is InChI=1S/C25H30N2O7/c1-32-13-11-21(23(28)26-22(24(29)30)12-14-33-2)27-25(31)34-15-20-18-9-5-3-7-16(18)17-8-4-6-10-19(17)20/h3-10,20-22H,11-15H2,1-2H3,(H,26,28)(H,27,31)(H,29,30). The monoisotopic (exact) mass is 470 g/mol. The largest absolute Gasteiger partial charge is 0.480 e. The first-order chi connectivity index (χ1) is 16.5. The summed E-state index contributed by atoms with van der Waals surface area (Å²) in [6.07, 6.45) is -0.510. The van der Waals surface area contributed by atoms with E-state index in [1.807, 2.05) is 48.5 Å². The van der Waals surface area contributed by atoms with Gasteiger partial charge in [-0.05, 0) is 22.3 Å². The van der Waals surface area contributed by atoms with E-state index < -0.39 is 30.1 Å². The first-order valence-electron chi connectivity index (χ1n) is 11.1. The Morgan fingerprint density at radius 1 is 0.853 bits per heavy atom. The number of nitrogens with one attached hydrogen (secondary N) is 2. The molecule has 9 nitrogen and oxygen atoms in total. The second-order valence-electron chi connectivity index (χ2n) is 7.98. The van der Waals surface area contributed by atoms with Crippen LogP contribution in [-0.2, 0) is 23.8 Å². The van der Waals surface area contributed by atoms with Gasteiger partial charge >= 0.3 is 12.1 Å². The maximum Gasteiger partial charge on any atom is 0.407 e. The molecule has 0 aromatic heterocycles. The van der Waals surface area contributed by atoms with E-state index in [0.717, 1.165) is 22.3 Å². The summed E-state index contributed by atoms with van der Waals surface area (Å²) >= 11 is 0. The van der Waals surface area contributed by atoms with Crippen molar-refractivity contribution < 1.29 is 33.7 Å². The van der Waals surface area contributed by atoms with E-state index in [9.17, 15) is 19.5 Å². The van der Waals surface area contributed by atoms with Crippen molar-refractivity contribution in [1.29, 1.82) is 0 Å². The number of carboxylic acid groups (broad SMARTS) is 1. The lowest BCUT2D eigenvalue weighted by atomic mass is 9.98. The number of hydrogen-bond donors (Lipinski definition) is 3. The van der Waals surface area contributed by atoms with Gasteiger partial charge in [-0.25, -0.2) is 9.59 Å². The molecule has 0 bridgehead atoms. The van der Waals surface area contributed by atoms with Gasteiger partial charge in [-0.3, -0.25) is 4.79 Å². The molecule has 2 amide bonds. The van der Waals surface area contributed by atoms with Crippen molar-refractivity contribution in [3.8, 4) is 11.1 Å². The van der Waals surface area contributed by atoms with E-state index in [4.69, 9.17) is 14.2 Å². The normalized spacial score (nSPS) is 13.9. The second kappa shape index (κ2) is 12.2. The number of benzene rings is 2. The number of aliphatic carboxylic acids is 1. The van der Waals surface area contributed by atoms with E-state index in [2.05, 4.69) is 10.6 Å². The smallest absolute Gasteiger partial charge is 0.407 e. The van der Waals surface area contributed by atoms with Crippen LogP contribution in [0.5, 0.6) is 0 Å². The molecule has 3 N–H and O–H groups in total. The zero-order valence-corrected chi connectivity index (χ0v) is 19.3. The third kappa shape index (κ3) is 6.12. The molecule has 0 saturated heterocycles. The number of amides is 2. The van der Waals surface area contributed by atoms with E-state index in [0.29, 0.717) is 0 Å². The molecule has 9 heteroatoms. The van der Waals surface area contributed by atoms with Crippen molar-refractivity contribution in [2.45, 2.75) is 30.8 Å². The predicted molar refractivity (Wildman–Crippen MR) is 125 cm³/mol. The van der Waals surface area contributed by atoms with Gasteiger partial charge in [0.1, 0.15) is 18.7 Å². The topological polar surface area (TPSA) is 123 Å². The Labute approximate surface area is 198 Å². The Morgan fingerprint density at radius 3 is 1.91 bits per heavy atom. The van der Waals surface area contributed by atoms with Gasteiger partial charge in [0, 0.05) is 46.2 Å². The zero-order valence-electron chi connectivity index (χ0n) is 19.3. The highest BCUT2D eigenvalue weighted by molar-refractivity contribution is 5.89. The Kier molecular flexibility index (Phi) is 9.00. The fraction of sp³-hybridized carbons (Fsp3) is 0.400. The number of ether oxygens (including phenoxy) is 3. The Hall–Kier alpha value is -3.43. The fourth-order valence-corrected chi connectivity index (χ4v) is 4.05. The molecule has 2 aromatic carbocycles. The first kappa shape index (κ1) is 25.2. The Morgan fingerprint density at radius 2 is 1.38 bits per heavy atom. The van der Waals surface area contributed by atoms with Gasteiger partial charge in [-0.15, -0.1) is 0 Å². The summed E-state index contributed by atoms with van der Waals surface area (Å²) in [5.74, 6) is -1.93. The van der Waals surface area contributed by atoms with E-state index in [1.54, 1.807) is 0 Å². The van der Waals surface area contributed by atoms with Crippen LogP contribution in [0.3, 0.4) is 0 Å². The van der Waals surface area contributed by atoms with Gasteiger partial charge in [0.2, 0.25) is 5.91 Å². The van der Waals surface area contributed by atoms with Crippen LogP contribution in [-0.4, -0.2) is 69.2 Å². The highest BCUT2D eigenvalue weighted by Gasteiger charge is 2.30. The van der Waals surface area contributed by atoms with Crippen LogP contribution < -0.4 is 10.6 Å². The molecule has 2 atom stereocenters. The Balaban J connectivity index is 1.64. The number of methoxy groups -OCH3 is 2. The van der Waals surface area contributed by atoms with Crippen LogP contribution in [0.15, 0.2) is 48.5 Å². The van der Waals surface area contributed by atoms with Crippen molar-refractivity contribution in [2.75, 3.05) is 34.0 Å². The number of carboxylic acids is 1. The molecule has 0 fully saturated rings. The average Bonchev–Trinajstić information content (AvgIpc) is 3.16. The minimum atomic E-state index is -1.18. The van der Waals surface area contributed by atoms with Crippen molar-refractivity contribution >= 4 is 18.0 Å². The van der Waals surface area contributed by atoms with Gasteiger partial charge in [-0.2, -0.15) is 0 Å². The number of carbonyl (C=O) groups excluding carboxylic acids is 2. The molecule has 1 aliphatic carbocycles. The number of rotatable bonds is 12. The summed E-state index contributed by atoms with van der Waals surface area (Å²) in [6, 6.07) is 13.8. The maximum absolute atomic E-state index is 12.7. The summed E-state index contributed by atoms with van der Waals surface area (Å²) in [5.41, 5.74) is 4.38. The SMILES string of the molecule is COCCC(NC(=O)C(CCOC)NC(=O)OCC1c2ccccc2-c2ccccc21)C(=O)O. The van der Waals surface area contributed by atoms with Gasteiger partial charge < -0.3 is 30.0 Å². The lowest BCUT2D eigenvalue weighted by Crippen LogP contribution is -2.52. The molecule has 0 aliphatic heterocycles. The number of carbonyl (C=O) groups is 3. The molecule has 0 spiro atoms. The molecule has 34 heavy (non-hydrogen) atoms. The lowest BCUT2D eigenvalue weighted by molar-refractivity contribution is -0.142. The van der Waals surface area contributed by atoms with Crippen LogP contribution in [0.2, 0.25) is 0 Å². The van der Waals surface area contributed by atoms with Gasteiger partial charge in [0.05, 0.1) is 0 Å². The van der Waals surface area contributed by atoms with Crippen molar-refractivity contribution in [2.24, 2.45) is 0 Å². The van der Waals surface area contributed by atoms with Gasteiger partial charge in [0.15, 0.2) is 0 Å². The van der Waals surface area contributed by atoms with E-state index in [1.165, 1.54) is 14.2 Å². The minimum absolute atomic E-state index is 0.0967. The van der Waals surface area contributed by atoms with E-state index >= 15 is 0 Å². The van der Waals surface area contributed by atoms with Crippen LogP contribution in [0.1, 0.15) is 29.9 Å². The molecular formula is C25H30N2O7. The number of fused-ring (bicyclic) bond motifs is 3. The molecule has 2 aromatic rings. The minimum Gasteiger partial charge on any atom is -0.480 e. The lowest BCUT2D eigenvalue weighted by Gasteiger charge is -2.21. The highest BCUT2D eigenvalue weighted by Crippen LogP contribution is 2.44. The molecule has 0 heterocycles. The van der Waals surface area contributed by atoms with Crippen LogP contribution in [0, 0.1) is 0 Å². The molecule has 2 unspecified atom stereocenters. The summed E-state index contributed by atoms with van der Waals surface area (Å²) in [6.45, 7) is 0.460. The summed E-state index contributed by atoms with van der Waals surface area (Å²) < 4.78 is 15.4. The summed E-state index contributed by atoms with van der Waals surface area (Å²) in [4.78, 5) is 36.8. The van der Waals surface area contributed by atoms with Crippen molar-refractivity contribution in [3.63, 3.8) is 0 Å². The molecule has 0 radical (unpaired) electrons. The number of alkyl carbamates (subject to hydrolysis) is 1.